The summed E-state index contributed by atoms with van der Waals surface area (Å²) in [5.74, 6) is 1.14. The molecule has 2 aromatic heterocycles. The van der Waals surface area contributed by atoms with Gasteiger partial charge in [-0.25, -0.2) is 4.98 Å². The van der Waals surface area contributed by atoms with Crippen molar-refractivity contribution in [3.05, 3.63) is 70.9 Å². The second-order valence-electron chi connectivity index (χ2n) is 7.06. The Balaban J connectivity index is 1.66. The molecule has 0 radical (unpaired) electrons. The minimum atomic E-state index is -0.00816. The number of rotatable bonds is 3. The van der Waals surface area contributed by atoms with E-state index >= 15 is 0 Å². The summed E-state index contributed by atoms with van der Waals surface area (Å²) < 4.78 is 2.90. The number of fused-ring (bicyclic) bond motifs is 2. The van der Waals surface area contributed by atoms with Gasteiger partial charge in [-0.1, -0.05) is 54.7 Å². The summed E-state index contributed by atoms with van der Waals surface area (Å²) in [6, 6.07) is 16.7. The summed E-state index contributed by atoms with van der Waals surface area (Å²) in [7, 11) is 0. The molecule has 3 heterocycles. The van der Waals surface area contributed by atoms with Gasteiger partial charge in [-0.3, -0.25) is 4.79 Å². The van der Waals surface area contributed by atoms with E-state index in [-0.39, 0.29) is 11.2 Å². The van der Waals surface area contributed by atoms with E-state index in [1.807, 2.05) is 25.1 Å². The lowest BCUT2D eigenvalue weighted by molar-refractivity contribution is -0.113. The number of nitrogens with zero attached hydrogens (tertiary/aromatic N) is 3. The molecule has 146 valence electrons. The molecule has 0 fully saturated rings. The minimum Gasteiger partial charge on any atom is -0.310 e. The van der Waals surface area contributed by atoms with E-state index in [0.717, 1.165) is 38.8 Å². The quantitative estimate of drug-likeness (QED) is 0.499. The lowest BCUT2D eigenvalue weighted by Crippen LogP contribution is -2.15. The number of carbonyl (C=O) groups excluding carboxylic acids is 1. The van der Waals surface area contributed by atoms with Crippen LogP contribution in [0, 0.1) is 6.92 Å². The first-order chi connectivity index (χ1) is 14.1. The molecule has 0 saturated heterocycles. The van der Waals surface area contributed by atoms with Crippen molar-refractivity contribution in [2.45, 2.75) is 25.5 Å². The predicted octanol–water partition coefficient (Wildman–Crippen LogP) is 5.13. The molecule has 2 aromatic carbocycles. The molecule has 29 heavy (non-hydrogen) atoms. The fraction of sp³-hybridized carbons (Fsp3) is 0.227. The Bertz CT molecular complexity index is 1180. The highest BCUT2D eigenvalue weighted by Gasteiger charge is 2.31. The number of aromatic nitrogens is 3. The highest BCUT2D eigenvalue weighted by atomic mass is 32.2. The maximum Gasteiger partial charge on any atom is 0.235 e. The van der Waals surface area contributed by atoms with E-state index in [2.05, 4.69) is 42.6 Å². The summed E-state index contributed by atoms with van der Waals surface area (Å²) in [5, 5.41) is 8.68. The molecular weight excluding hydrogens is 400 g/mol. The van der Waals surface area contributed by atoms with E-state index < -0.39 is 0 Å². The smallest absolute Gasteiger partial charge is 0.235 e. The van der Waals surface area contributed by atoms with Gasteiger partial charge in [-0.2, -0.15) is 9.78 Å². The Morgan fingerprint density at radius 3 is 2.72 bits per heavy atom. The topological polar surface area (TPSA) is 59.8 Å². The van der Waals surface area contributed by atoms with Crippen molar-refractivity contribution in [2.75, 3.05) is 11.1 Å². The van der Waals surface area contributed by atoms with Crippen LogP contribution in [-0.2, 0) is 11.2 Å². The van der Waals surface area contributed by atoms with Gasteiger partial charge in [-0.05, 0) is 36.6 Å². The zero-order valence-electron chi connectivity index (χ0n) is 16.2. The highest BCUT2D eigenvalue weighted by molar-refractivity contribution is 8.00. The van der Waals surface area contributed by atoms with Crippen LogP contribution in [0.4, 0.5) is 5.82 Å². The fourth-order valence-electron chi connectivity index (χ4n) is 3.66. The van der Waals surface area contributed by atoms with Crippen LogP contribution in [0.3, 0.4) is 0 Å². The first kappa shape index (κ1) is 18.4. The number of anilines is 1. The third kappa shape index (κ3) is 3.24. The lowest BCUT2D eigenvalue weighted by Gasteiger charge is -2.15. The Labute approximate surface area is 177 Å². The fourth-order valence-corrected chi connectivity index (χ4v) is 5.78. The zero-order valence-corrected chi connectivity index (χ0v) is 17.8. The van der Waals surface area contributed by atoms with Crippen molar-refractivity contribution in [1.82, 2.24) is 14.8 Å². The Kier molecular flexibility index (Phi) is 4.64. The van der Waals surface area contributed by atoms with E-state index in [1.54, 1.807) is 27.8 Å². The monoisotopic (exact) mass is 420 g/mol. The molecule has 7 heteroatoms. The second-order valence-corrected chi connectivity index (χ2v) is 9.16. The molecule has 1 aliphatic rings. The standard InChI is InChI=1S/C22H20N4OS2/c1-3-14-8-10-15(11-9-14)20-19-13(2)25-26(21(19)24-18(27)12-28-20)22-23-16-6-4-5-7-17(16)29-22/h4-11,20H,3,12H2,1-2H3,(H,24,27)/t20-/m0/s1. The molecule has 0 unspecified atom stereocenters. The van der Waals surface area contributed by atoms with Gasteiger partial charge in [-0.15, -0.1) is 11.8 Å². The first-order valence-electron chi connectivity index (χ1n) is 9.60. The van der Waals surface area contributed by atoms with E-state index in [0.29, 0.717) is 5.75 Å². The van der Waals surface area contributed by atoms with Crippen LogP contribution in [0.1, 0.15) is 34.6 Å². The number of hydrogen-bond acceptors (Lipinski definition) is 5. The van der Waals surface area contributed by atoms with Gasteiger partial charge >= 0.3 is 0 Å². The number of thioether (sulfide) groups is 1. The molecule has 1 aliphatic heterocycles. The van der Waals surface area contributed by atoms with E-state index in [1.165, 1.54) is 11.1 Å². The number of amides is 1. The van der Waals surface area contributed by atoms with Gasteiger partial charge in [0, 0.05) is 5.56 Å². The molecule has 1 atom stereocenters. The van der Waals surface area contributed by atoms with Crippen LogP contribution in [0.2, 0.25) is 0 Å². The van der Waals surface area contributed by atoms with Crippen LogP contribution in [-0.4, -0.2) is 26.4 Å². The molecule has 1 N–H and O–H groups in total. The maximum absolute atomic E-state index is 12.5. The third-order valence-corrected chi connectivity index (χ3v) is 7.44. The maximum atomic E-state index is 12.5. The van der Waals surface area contributed by atoms with Gasteiger partial charge in [0.15, 0.2) is 0 Å². The van der Waals surface area contributed by atoms with E-state index in [4.69, 9.17) is 10.1 Å². The number of nitrogens with one attached hydrogen (secondary N) is 1. The van der Waals surface area contributed by atoms with Crippen LogP contribution < -0.4 is 5.32 Å². The Morgan fingerprint density at radius 1 is 1.17 bits per heavy atom. The number of carbonyl (C=O) groups is 1. The van der Waals surface area contributed by atoms with Crippen LogP contribution in [0.5, 0.6) is 0 Å². The normalized spacial score (nSPS) is 16.5. The van der Waals surface area contributed by atoms with Crippen molar-refractivity contribution in [2.24, 2.45) is 0 Å². The molecule has 0 bridgehead atoms. The van der Waals surface area contributed by atoms with Gasteiger partial charge in [0.25, 0.3) is 0 Å². The molecule has 0 spiro atoms. The van der Waals surface area contributed by atoms with Gasteiger partial charge in [0.2, 0.25) is 11.0 Å². The summed E-state index contributed by atoms with van der Waals surface area (Å²) in [4.78, 5) is 17.2. The number of benzene rings is 2. The summed E-state index contributed by atoms with van der Waals surface area (Å²) in [5.41, 5.74) is 5.42. The number of thiazole rings is 1. The number of aryl methyl sites for hydroxylation is 2. The van der Waals surface area contributed by atoms with Crippen LogP contribution in [0.15, 0.2) is 48.5 Å². The van der Waals surface area contributed by atoms with Gasteiger partial charge in [0.05, 0.1) is 26.9 Å². The molecule has 5 rings (SSSR count). The van der Waals surface area contributed by atoms with Crippen molar-refractivity contribution in [1.29, 1.82) is 0 Å². The predicted molar refractivity (Wildman–Crippen MR) is 120 cm³/mol. The molecule has 4 aromatic rings. The highest BCUT2D eigenvalue weighted by Crippen LogP contribution is 2.44. The van der Waals surface area contributed by atoms with Gasteiger partial charge < -0.3 is 5.32 Å². The van der Waals surface area contributed by atoms with E-state index in [9.17, 15) is 4.79 Å². The number of para-hydroxylation sites is 1. The summed E-state index contributed by atoms with van der Waals surface area (Å²) in [6.45, 7) is 4.16. The average Bonchev–Trinajstić information content (AvgIpc) is 3.25. The first-order valence-corrected chi connectivity index (χ1v) is 11.5. The average molecular weight is 421 g/mol. The second kappa shape index (κ2) is 7.31. The molecule has 0 saturated carbocycles. The van der Waals surface area contributed by atoms with Crippen LogP contribution >= 0.6 is 23.1 Å². The largest absolute Gasteiger partial charge is 0.310 e. The molecule has 5 nitrogen and oxygen atoms in total. The molecule has 1 amide bonds. The van der Waals surface area contributed by atoms with Crippen molar-refractivity contribution >= 4 is 45.0 Å². The summed E-state index contributed by atoms with van der Waals surface area (Å²) >= 11 is 3.22. The van der Waals surface area contributed by atoms with Crippen LogP contribution in [0.25, 0.3) is 15.3 Å². The lowest BCUT2D eigenvalue weighted by atomic mass is 10.0. The van der Waals surface area contributed by atoms with Crippen molar-refractivity contribution < 1.29 is 4.79 Å². The Morgan fingerprint density at radius 2 is 1.97 bits per heavy atom. The number of hydrogen-bond donors (Lipinski definition) is 1. The SMILES string of the molecule is CCc1ccc([C@@H]2SCC(=O)Nc3c2c(C)nn3-c2nc3ccccc3s2)cc1. The zero-order chi connectivity index (χ0) is 20.0. The van der Waals surface area contributed by atoms with Crippen molar-refractivity contribution in [3.8, 4) is 5.13 Å². The molecular formula is C22H20N4OS2. The summed E-state index contributed by atoms with van der Waals surface area (Å²) in [6.07, 6.45) is 1.01. The Hall–Kier alpha value is -2.64. The van der Waals surface area contributed by atoms with Crippen molar-refractivity contribution in [3.63, 3.8) is 0 Å². The third-order valence-electron chi connectivity index (χ3n) is 5.16. The molecule has 0 aliphatic carbocycles. The minimum absolute atomic E-state index is 0.00816. The van der Waals surface area contributed by atoms with Gasteiger partial charge in [0.1, 0.15) is 5.82 Å².